The van der Waals surface area contributed by atoms with Crippen LogP contribution in [0, 0.1) is 0 Å². The molecule has 0 saturated carbocycles. The maximum absolute atomic E-state index is 12.6. The van der Waals surface area contributed by atoms with Gasteiger partial charge in [-0.05, 0) is 35.0 Å². The minimum Gasteiger partial charge on any atom is -0.497 e. The monoisotopic (exact) mass is 385 g/mol. The van der Waals surface area contributed by atoms with Gasteiger partial charge in [-0.15, -0.1) is 0 Å². The number of methoxy groups -OCH3 is 2. The molecule has 7 heteroatoms. The number of amides is 1. The van der Waals surface area contributed by atoms with E-state index in [0.717, 1.165) is 10.8 Å². The molecule has 0 aliphatic rings. The maximum atomic E-state index is 12.6. The molecule has 0 atom stereocenters. The zero-order valence-corrected chi connectivity index (χ0v) is 15.7. The number of fused-ring (bicyclic) bond motifs is 1. The Morgan fingerprint density at radius 2 is 1.67 bits per heavy atom. The molecule has 1 amide bonds. The van der Waals surface area contributed by atoms with Gasteiger partial charge in [0.15, 0.2) is 9.84 Å². The molecule has 3 aromatic rings. The number of sulfone groups is 1. The smallest absolute Gasteiger partial charge is 0.240 e. The molecule has 27 heavy (non-hydrogen) atoms. The second-order valence-electron chi connectivity index (χ2n) is 5.88. The molecule has 0 unspecified atom stereocenters. The van der Waals surface area contributed by atoms with Crippen molar-refractivity contribution in [1.29, 1.82) is 0 Å². The van der Waals surface area contributed by atoms with Gasteiger partial charge in [-0.2, -0.15) is 0 Å². The van der Waals surface area contributed by atoms with Crippen molar-refractivity contribution in [2.24, 2.45) is 0 Å². The molecule has 0 spiro atoms. The summed E-state index contributed by atoms with van der Waals surface area (Å²) in [4.78, 5) is 12.4. The normalized spacial score (nSPS) is 11.2. The molecule has 3 aromatic carbocycles. The molecule has 3 rings (SSSR count). The predicted octanol–water partition coefficient (Wildman–Crippen LogP) is 3.27. The van der Waals surface area contributed by atoms with Crippen LogP contribution in [-0.2, 0) is 14.6 Å². The van der Waals surface area contributed by atoms with Crippen molar-refractivity contribution in [3.05, 3.63) is 60.7 Å². The highest BCUT2D eigenvalue weighted by molar-refractivity contribution is 7.92. The molecule has 0 aromatic heterocycles. The van der Waals surface area contributed by atoms with Gasteiger partial charge in [0.25, 0.3) is 0 Å². The van der Waals surface area contributed by atoms with Crippen LogP contribution < -0.4 is 14.8 Å². The summed E-state index contributed by atoms with van der Waals surface area (Å²) in [6, 6.07) is 17.1. The third kappa shape index (κ3) is 4.20. The lowest BCUT2D eigenvalue weighted by atomic mass is 10.1. The lowest BCUT2D eigenvalue weighted by Gasteiger charge is -2.12. The van der Waals surface area contributed by atoms with Crippen molar-refractivity contribution in [2.45, 2.75) is 4.90 Å². The number of hydrogen-bond acceptors (Lipinski definition) is 5. The van der Waals surface area contributed by atoms with Crippen molar-refractivity contribution in [1.82, 2.24) is 0 Å². The van der Waals surface area contributed by atoms with Crippen LogP contribution in [0.4, 0.5) is 5.69 Å². The standard InChI is InChI=1S/C20H19NO5S/c1-25-16-8-10-18(19(12-16)26-2)21-20(22)13-27(23,24)17-9-7-14-5-3-4-6-15(14)11-17/h3-12H,13H2,1-2H3,(H,21,22). The first-order valence-electron chi connectivity index (χ1n) is 8.16. The Morgan fingerprint density at radius 1 is 0.926 bits per heavy atom. The molecule has 0 aliphatic heterocycles. The summed E-state index contributed by atoms with van der Waals surface area (Å²) in [6.07, 6.45) is 0. The Labute approximate surface area is 157 Å². The highest BCUT2D eigenvalue weighted by Crippen LogP contribution is 2.29. The van der Waals surface area contributed by atoms with Crippen LogP contribution in [0.15, 0.2) is 65.6 Å². The highest BCUT2D eigenvalue weighted by Gasteiger charge is 2.20. The van der Waals surface area contributed by atoms with Crippen LogP contribution >= 0.6 is 0 Å². The quantitative estimate of drug-likeness (QED) is 0.704. The minimum absolute atomic E-state index is 0.109. The first-order valence-corrected chi connectivity index (χ1v) is 9.81. The van der Waals surface area contributed by atoms with Crippen LogP contribution in [0.3, 0.4) is 0 Å². The van der Waals surface area contributed by atoms with E-state index in [1.807, 2.05) is 24.3 Å². The van der Waals surface area contributed by atoms with Gasteiger partial charge in [0.05, 0.1) is 24.8 Å². The fourth-order valence-electron chi connectivity index (χ4n) is 2.70. The Bertz CT molecular complexity index is 1090. The average Bonchev–Trinajstić information content (AvgIpc) is 2.67. The third-order valence-electron chi connectivity index (χ3n) is 4.08. The molecule has 0 aliphatic carbocycles. The van der Waals surface area contributed by atoms with Crippen LogP contribution in [0.25, 0.3) is 10.8 Å². The molecule has 0 bridgehead atoms. The van der Waals surface area contributed by atoms with E-state index in [2.05, 4.69) is 5.32 Å². The number of anilines is 1. The van der Waals surface area contributed by atoms with Gasteiger partial charge < -0.3 is 14.8 Å². The van der Waals surface area contributed by atoms with E-state index in [1.54, 1.807) is 30.3 Å². The summed E-state index contributed by atoms with van der Waals surface area (Å²) in [5.41, 5.74) is 0.372. The van der Waals surface area contributed by atoms with Crippen molar-refractivity contribution in [3.63, 3.8) is 0 Å². The van der Waals surface area contributed by atoms with Gasteiger partial charge in [0.1, 0.15) is 17.3 Å². The molecule has 0 fully saturated rings. The molecule has 1 N–H and O–H groups in total. The fourth-order valence-corrected chi connectivity index (χ4v) is 3.87. The van der Waals surface area contributed by atoms with Gasteiger partial charge in [-0.3, -0.25) is 4.79 Å². The summed E-state index contributed by atoms with van der Waals surface area (Å²) in [5, 5.41) is 4.31. The van der Waals surface area contributed by atoms with Crippen molar-refractivity contribution in [2.75, 3.05) is 25.3 Å². The molecular weight excluding hydrogens is 366 g/mol. The lowest BCUT2D eigenvalue weighted by Crippen LogP contribution is -2.23. The summed E-state index contributed by atoms with van der Waals surface area (Å²) < 4.78 is 35.5. The number of rotatable bonds is 6. The van der Waals surface area contributed by atoms with Crippen LogP contribution in [0.2, 0.25) is 0 Å². The Kier molecular flexibility index (Phi) is 5.32. The second-order valence-corrected chi connectivity index (χ2v) is 7.87. The van der Waals surface area contributed by atoms with Crippen LogP contribution in [0.5, 0.6) is 11.5 Å². The van der Waals surface area contributed by atoms with E-state index in [4.69, 9.17) is 9.47 Å². The largest absolute Gasteiger partial charge is 0.497 e. The molecule has 0 heterocycles. The number of ether oxygens (including phenoxy) is 2. The van der Waals surface area contributed by atoms with E-state index < -0.39 is 21.5 Å². The molecular formula is C20H19NO5S. The predicted molar refractivity (Wildman–Crippen MR) is 104 cm³/mol. The molecule has 140 valence electrons. The van der Waals surface area contributed by atoms with Crippen molar-refractivity contribution >= 4 is 32.2 Å². The number of nitrogens with one attached hydrogen (secondary N) is 1. The molecule has 0 saturated heterocycles. The number of carbonyl (C=O) groups excluding carboxylic acids is 1. The van der Waals surface area contributed by atoms with E-state index >= 15 is 0 Å². The zero-order chi connectivity index (χ0) is 19.4. The van der Waals surface area contributed by atoms with Crippen LogP contribution in [-0.4, -0.2) is 34.3 Å². The van der Waals surface area contributed by atoms with E-state index in [9.17, 15) is 13.2 Å². The molecule has 0 radical (unpaired) electrons. The van der Waals surface area contributed by atoms with E-state index in [-0.39, 0.29) is 4.90 Å². The third-order valence-corrected chi connectivity index (χ3v) is 5.70. The zero-order valence-electron chi connectivity index (χ0n) is 14.9. The lowest BCUT2D eigenvalue weighted by molar-refractivity contribution is -0.113. The van der Waals surface area contributed by atoms with Crippen LogP contribution in [0.1, 0.15) is 0 Å². The van der Waals surface area contributed by atoms with Gasteiger partial charge in [0, 0.05) is 6.07 Å². The van der Waals surface area contributed by atoms with Crippen molar-refractivity contribution in [3.8, 4) is 11.5 Å². The molecule has 6 nitrogen and oxygen atoms in total. The first kappa shape index (κ1) is 18.7. The highest BCUT2D eigenvalue weighted by atomic mass is 32.2. The van der Waals surface area contributed by atoms with Crippen molar-refractivity contribution < 1.29 is 22.7 Å². The van der Waals surface area contributed by atoms with Gasteiger partial charge in [-0.25, -0.2) is 8.42 Å². The maximum Gasteiger partial charge on any atom is 0.240 e. The Balaban J connectivity index is 1.80. The Morgan fingerprint density at radius 3 is 2.37 bits per heavy atom. The summed E-state index contributed by atoms with van der Waals surface area (Å²) in [7, 11) is -0.809. The summed E-state index contributed by atoms with van der Waals surface area (Å²) in [6.45, 7) is 0. The topological polar surface area (TPSA) is 81.7 Å². The van der Waals surface area contributed by atoms with E-state index in [1.165, 1.54) is 20.3 Å². The minimum atomic E-state index is -3.78. The summed E-state index contributed by atoms with van der Waals surface area (Å²) in [5.74, 6) is -0.369. The number of carbonyl (C=O) groups is 1. The van der Waals surface area contributed by atoms with E-state index in [0.29, 0.717) is 17.2 Å². The SMILES string of the molecule is COc1ccc(NC(=O)CS(=O)(=O)c2ccc3ccccc3c2)c(OC)c1. The second kappa shape index (κ2) is 7.67. The number of benzene rings is 3. The summed E-state index contributed by atoms with van der Waals surface area (Å²) >= 11 is 0. The average molecular weight is 385 g/mol. The van der Waals surface area contributed by atoms with Gasteiger partial charge >= 0.3 is 0 Å². The van der Waals surface area contributed by atoms with Gasteiger partial charge in [0.2, 0.25) is 5.91 Å². The first-order chi connectivity index (χ1) is 12.9. The number of hydrogen-bond donors (Lipinski definition) is 1. The fraction of sp³-hybridized carbons (Fsp3) is 0.150. The Hall–Kier alpha value is -3.06. The van der Waals surface area contributed by atoms with Gasteiger partial charge in [-0.1, -0.05) is 30.3 Å².